The van der Waals surface area contributed by atoms with Crippen LogP contribution in [0.25, 0.3) is 0 Å². The molecule has 0 aliphatic heterocycles. The zero-order valence-electron chi connectivity index (χ0n) is 11.6. The highest BCUT2D eigenvalue weighted by Crippen LogP contribution is 2.28. The summed E-state index contributed by atoms with van der Waals surface area (Å²) in [5.74, 6) is 0. The molecule has 0 spiro atoms. The number of benzene rings is 2. The van der Waals surface area contributed by atoms with Gasteiger partial charge in [0.15, 0.2) is 0 Å². The first-order valence-electron chi connectivity index (χ1n) is 6.27. The largest absolute Gasteiger partial charge is 0.301 e. The molecule has 112 valence electrons. The first-order valence-corrected chi connectivity index (χ1v) is 6.27. The summed E-state index contributed by atoms with van der Waals surface area (Å²) in [5.41, 5.74) is 3.41. The maximum atomic E-state index is 11.0. The first kappa shape index (κ1) is 15.1. The summed E-state index contributed by atoms with van der Waals surface area (Å²) in [4.78, 5) is 20.3. The molecule has 0 amide bonds. The molecule has 2 aromatic rings. The molecule has 8 heteroatoms. The Morgan fingerprint density at radius 1 is 1.05 bits per heavy atom. The summed E-state index contributed by atoms with van der Waals surface area (Å²) < 4.78 is 0. The van der Waals surface area contributed by atoms with E-state index in [1.165, 1.54) is 12.1 Å². The van der Waals surface area contributed by atoms with Gasteiger partial charge in [0.05, 0.1) is 21.6 Å². The summed E-state index contributed by atoms with van der Waals surface area (Å²) in [6.45, 7) is 1.75. The molecule has 2 aromatic carbocycles. The average molecular weight is 300 g/mol. The predicted molar refractivity (Wildman–Crippen MR) is 82.0 cm³/mol. The number of nitrogens with zero attached hydrogens (tertiary/aromatic N) is 3. The molecule has 22 heavy (non-hydrogen) atoms. The van der Waals surface area contributed by atoms with Crippen LogP contribution in [0.2, 0.25) is 0 Å². The fourth-order valence-corrected chi connectivity index (χ4v) is 1.77. The van der Waals surface area contributed by atoms with Crippen molar-refractivity contribution in [2.75, 3.05) is 5.43 Å². The lowest BCUT2D eigenvalue weighted by Crippen LogP contribution is -2.02. The van der Waals surface area contributed by atoms with Crippen LogP contribution in [-0.2, 0) is 0 Å². The van der Waals surface area contributed by atoms with Gasteiger partial charge >= 0.3 is 5.69 Å². The van der Waals surface area contributed by atoms with Crippen molar-refractivity contribution in [1.29, 1.82) is 0 Å². The highest BCUT2D eigenvalue weighted by atomic mass is 16.6. The van der Waals surface area contributed by atoms with Gasteiger partial charge in [-0.3, -0.25) is 25.7 Å². The van der Waals surface area contributed by atoms with E-state index in [0.29, 0.717) is 5.71 Å². The molecule has 0 bridgehead atoms. The van der Waals surface area contributed by atoms with Crippen LogP contribution in [0.4, 0.5) is 17.1 Å². The lowest BCUT2D eigenvalue weighted by Gasteiger charge is -2.04. The molecule has 0 aliphatic carbocycles. The Hall–Kier alpha value is -3.29. The molecule has 0 aromatic heterocycles. The summed E-state index contributed by atoms with van der Waals surface area (Å²) in [6.07, 6.45) is 0. The van der Waals surface area contributed by atoms with E-state index in [1.807, 2.05) is 30.3 Å². The van der Waals surface area contributed by atoms with Gasteiger partial charge in [-0.25, -0.2) is 0 Å². The van der Waals surface area contributed by atoms with E-state index in [0.717, 1.165) is 11.6 Å². The monoisotopic (exact) mass is 300 g/mol. The SMILES string of the molecule is C/C(=N/Nc1ccc([N+](=O)[O-])cc1[N+](=O)[O-])c1ccccc1. The molecule has 0 saturated heterocycles. The molecule has 0 atom stereocenters. The minimum Gasteiger partial charge on any atom is -0.271 e. The van der Waals surface area contributed by atoms with Crippen LogP contribution < -0.4 is 5.43 Å². The summed E-state index contributed by atoms with van der Waals surface area (Å²) in [7, 11) is 0. The van der Waals surface area contributed by atoms with Crippen molar-refractivity contribution >= 4 is 22.8 Å². The smallest absolute Gasteiger partial charge is 0.271 e. The van der Waals surface area contributed by atoms with Crippen LogP contribution in [0.5, 0.6) is 0 Å². The highest BCUT2D eigenvalue weighted by molar-refractivity contribution is 5.99. The van der Waals surface area contributed by atoms with E-state index in [-0.39, 0.29) is 11.4 Å². The van der Waals surface area contributed by atoms with E-state index >= 15 is 0 Å². The maximum Gasteiger partial charge on any atom is 0.301 e. The number of anilines is 1. The lowest BCUT2D eigenvalue weighted by atomic mass is 10.1. The number of hydrazone groups is 1. The number of rotatable bonds is 5. The molecule has 2 rings (SSSR count). The van der Waals surface area contributed by atoms with Crippen LogP contribution in [-0.4, -0.2) is 15.6 Å². The molecule has 0 fully saturated rings. The van der Waals surface area contributed by atoms with Gasteiger partial charge in [-0.15, -0.1) is 0 Å². The second kappa shape index (κ2) is 6.44. The maximum absolute atomic E-state index is 11.0. The number of hydrogen-bond donors (Lipinski definition) is 1. The Labute approximate surface area is 125 Å². The van der Waals surface area contributed by atoms with Gasteiger partial charge in [-0.05, 0) is 18.6 Å². The van der Waals surface area contributed by atoms with Gasteiger partial charge < -0.3 is 0 Å². The van der Waals surface area contributed by atoms with Crippen molar-refractivity contribution in [3.05, 3.63) is 74.3 Å². The van der Waals surface area contributed by atoms with Crippen molar-refractivity contribution in [3.8, 4) is 0 Å². The van der Waals surface area contributed by atoms with Crippen molar-refractivity contribution in [2.45, 2.75) is 6.92 Å². The molecule has 0 radical (unpaired) electrons. The summed E-state index contributed by atoms with van der Waals surface area (Å²) in [6, 6.07) is 12.6. The topological polar surface area (TPSA) is 111 Å². The number of nitro benzene ring substituents is 2. The summed E-state index contributed by atoms with van der Waals surface area (Å²) in [5, 5.41) is 25.8. The van der Waals surface area contributed by atoms with E-state index in [4.69, 9.17) is 0 Å². The first-order chi connectivity index (χ1) is 10.5. The van der Waals surface area contributed by atoms with Crippen molar-refractivity contribution in [1.82, 2.24) is 0 Å². The Morgan fingerprint density at radius 2 is 1.73 bits per heavy atom. The van der Waals surface area contributed by atoms with E-state index in [9.17, 15) is 20.2 Å². The second-order valence-electron chi connectivity index (χ2n) is 4.39. The minimum atomic E-state index is -0.692. The third-order valence-corrected chi connectivity index (χ3v) is 2.92. The third-order valence-electron chi connectivity index (χ3n) is 2.92. The van der Waals surface area contributed by atoms with Crippen molar-refractivity contribution < 1.29 is 9.85 Å². The van der Waals surface area contributed by atoms with Gasteiger partial charge in [0.2, 0.25) is 0 Å². The molecule has 8 nitrogen and oxygen atoms in total. The lowest BCUT2D eigenvalue weighted by molar-refractivity contribution is -0.393. The molecule has 0 aliphatic rings. The van der Waals surface area contributed by atoms with Gasteiger partial charge in [-0.2, -0.15) is 5.10 Å². The van der Waals surface area contributed by atoms with E-state index in [1.54, 1.807) is 6.92 Å². The molecule has 0 unspecified atom stereocenters. The Morgan fingerprint density at radius 3 is 2.32 bits per heavy atom. The van der Waals surface area contributed by atoms with E-state index in [2.05, 4.69) is 10.5 Å². The van der Waals surface area contributed by atoms with E-state index < -0.39 is 15.5 Å². The highest BCUT2D eigenvalue weighted by Gasteiger charge is 2.19. The zero-order valence-corrected chi connectivity index (χ0v) is 11.6. The van der Waals surface area contributed by atoms with Gasteiger partial charge in [-0.1, -0.05) is 30.3 Å². The fourth-order valence-electron chi connectivity index (χ4n) is 1.77. The molecule has 1 N–H and O–H groups in total. The molecular formula is C14H12N4O4. The molecule has 0 saturated carbocycles. The number of nitrogens with one attached hydrogen (secondary N) is 1. The minimum absolute atomic E-state index is 0.0888. The third kappa shape index (κ3) is 3.42. The van der Waals surface area contributed by atoms with Crippen LogP contribution in [0.3, 0.4) is 0 Å². The second-order valence-corrected chi connectivity index (χ2v) is 4.39. The Balaban J connectivity index is 2.30. The Bertz CT molecular complexity index is 744. The van der Waals surface area contributed by atoms with Crippen molar-refractivity contribution in [3.63, 3.8) is 0 Å². The Kier molecular flexibility index (Phi) is 4.42. The standard InChI is InChI=1S/C14H12N4O4/c1-10(11-5-3-2-4-6-11)15-16-13-8-7-12(17(19)20)9-14(13)18(21)22/h2-9,16H,1H3/b15-10-. The van der Waals surface area contributed by atoms with Crippen LogP contribution >= 0.6 is 0 Å². The zero-order chi connectivity index (χ0) is 16.1. The summed E-state index contributed by atoms with van der Waals surface area (Å²) >= 11 is 0. The van der Waals surface area contributed by atoms with Gasteiger partial charge in [0.25, 0.3) is 5.69 Å². The predicted octanol–water partition coefficient (Wildman–Crippen LogP) is 3.34. The molecule has 0 heterocycles. The number of non-ortho nitro benzene ring substituents is 1. The fraction of sp³-hybridized carbons (Fsp3) is 0.0714. The van der Waals surface area contributed by atoms with Crippen LogP contribution in [0.1, 0.15) is 12.5 Å². The number of hydrogen-bond acceptors (Lipinski definition) is 6. The van der Waals surface area contributed by atoms with Crippen LogP contribution in [0.15, 0.2) is 53.6 Å². The number of nitro groups is 2. The average Bonchev–Trinajstić information content (AvgIpc) is 2.53. The quantitative estimate of drug-likeness (QED) is 0.517. The van der Waals surface area contributed by atoms with Crippen LogP contribution in [0, 0.1) is 20.2 Å². The van der Waals surface area contributed by atoms with Gasteiger partial charge in [0, 0.05) is 6.07 Å². The normalized spacial score (nSPS) is 11.0. The van der Waals surface area contributed by atoms with Crippen molar-refractivity contribution in [2.24, 2.45) is 5.10 Å². The van der Waals surface area contributed by atoms with Gasteiger partial charge in [0.1, 0.15) is 5.69 Å². The molecular weight excluding hydrogens is 288 g/mol.